The molecule has 92 valence electrons. The molecule has 2 N–H and O–H groups in total. The van der Waals surface area contributed by atoms with Crippen molar-refractivity contribution in [2.45, 2.75) is 38.8 Å². The molecular weight excluding hydrogens is 214 g/mol. The third-order valence-corrected chi connectivity index (χ3v) is 2.85. The monoisotopic (exact) mass is 233 g/mol. The Bertz CT molecular complexity index is 457. The van der Waals surface area contributed by atoms with Crippen LogP contribution in [0.3, 0.4) is 0 Å². The summed E-state index contributed by atoms with van der Waals surface area (Å²) in [6, 6.07) is 3.81. The topological polar surface area (TPSA) is 57.0 Å². The van der Waals surface area contributed by atoms with E-state index >= 15 is 0 Å². The third kappa shape index (κ3) is 2.26. The van der Waals surface area contributed by atoms with E-state index in [1.807, 2.05) is 31.5 Å². The van der Waals surface area contributed by atoms with E-state index < -0.39 is 0 Å². The van der Waals surface area contributed by atoms with Crippen LogP contribution >= 0.6 is 0 Å². The standard InChI is InChI=1S/C13H19N3O/c1-9(2)13-15-6-7-16(13)12(10(3)14)11-5-4-8-17-11/h4-10,12H,14H2,1-3H3. The normalized spacial score (nSPS) is 15.1. The second kappa shape index (κ2) is 4.75. The minimum atomic E-state index is -0.0344. The van der Waals surface area contributed by atoms with E-state index in [2.05, 4.69) is 23.4 Å². The number of rotatable bonds is 4. The minimum absolute atomic E-state index is 0.00454. The van der Waals surface area contributed by atoms with Gasteiger partial charge in [0.05, 0.1) is 6.26 Å². The zero-order valence-electron chi connectivity index (χ0n) is 10.5. The molecule has 0 amide bonds. The fraction of sp³-hybridized carbons (Fsp3) is 0.462. The van der Waals surface area contributed by atoms with Gasteiger partial charge in [-0.1, -0.05) is 13.8 Å². The summed E-state index contributed by atoms with van der Waals surface area (Å²) in [6.07, 6.45) is 5.45. The van der Waals surface area contributed by atoms with Gasteiger partial charge in [0.2, 0.25) is 0 Å². The van der Waals surface area contributed by atoms with Crippen molar-refractivity contribution in [3.05, 3.63) is 42.4 Å². The Hall–Kier alpha value is -1.55. The first-order chi connectivity index (χ1) is 8.11. The molecule has 2 heterocycles. The van der Waals surface area contributed by atoms with Crippen LogP contribution < -0.4 is 5.73 Å². The predicted molar refractivity (Wildman–Crippen MR) is 66.8 cm³/mol. The maximum atomic E-state index is 6.08. The Morgan fingerprint density at radius 2 is 2.12 bits per heavy atom. The van der Waals surface area contributed by atoms with E-state index in [-0.39, 0.29) is 12.1 Å². The van der Waals surface area contributed by atoms with Crippen LogP contribution in [0, 0.1) is 0 Å². The van der Waals surface area contributed by atoms with E-state index in [0.717, 1.165) is 11.6 Å². The summed E-state index contributed by atoms with van der Waals surface area (Å²) in [5.74, 6) is 2.27. The molecule has 0 spiro atoms. The maximum Gasteiger partial charge on any atom is 0.128 e. The second-order valence-electron chi connectivity index (χ2n) is 4.67. The largest absolute Gasteiger partial charge is 0.467 e. The smallest absolute Gasteiger partial charge is 0.128 e. The highest BCUT2D eigenvalue weighted by molar-refractivity contribution is 5.13. The van der Waals surface area contributed by atoms with Gasteiger partial charge in [-0.3, -0.25) is 0 Å². The van der Waals surface area contributed by atoms with Crippen molar-refractivity contribution < 1.29 is 4.42 Å². The number of aromatic nitrogens is 2. The lowest BCUT2D eigenvalue weighted by atomic mass is 10.1. The molecule has 0 aliphatic carbocycles. The van der Waals surface area contributed by atoms with Crippen molar-refractivity contribution in [3.63, 3.8) is 0 Å². The molecule has 0 bridgehead atoms. The van der Waals surface area contributed by atoms with Gasteiger partial charge in [0.15, 0.2) is 0 Å². The van der Waals surface area contributed by atoms with E-state index in [1.54, 1.807) is 6.26 Å². The quantitative estimate of drug-likeness (QED) is 0.882. The van der Waals surface area contributed by atoms with E-state index in [9.17, 15) is 0 Å². The highest BCUT2D eigenvalue weighted by Gasteiger charge is 2.23. The van der Waals surface area contributed by atoms with Crippen molar-refractivity contribution in [3.8, 4) is 0 Å². The molecule has 4 nitrogen and oxygen atoms in total. The van der Waals surface area contributed by atoms with Crippen LogP contribution in [0.15, 0.2) is 35.2 Å². The van der Waals surface area contributed by atoms with Gasteiger partial charge < -0.3 is 14.7 Å². The fourth-order valence-corrected chi connectivity index (χ4v) is 2.12. The van der Waals surface area contributed by atoms with Crippen LogP contribution in [-0.4, -0.2) is 15.6 Å². The Morgan fingerprint density at radius 3 is 2.65 bits per heavy atom. The molecule has 0 saturated heterocycles. The SMILES string of the molecule is CC(C)c1nccn1C(c1ccco1)C(C)N. The molecular formula is C13H19N3O. The van der Waals surface area contributed by atoms with Crippen LogP contribution in [0.2, 0.25) is 0 Å². The molecule has 0 aliphatic rings. The maximum absolute atomic E-state index is 6.08. The predicted octanol–water partition coefficient (Wildman–Crippen LogP) is 2.54. The molecule has 0 radical (unpaired) electrons. The Morgan fingerprint density at radius 1 is 1.35 bits per heavy atom. The number of furan rings is 1. The number of nitrogens with two attached hydrogens (primary N) is 1. The van der Waals surface area contributed by atoms with Crippen molar-refractivity contribution in [1.82, 2.24) is 9.55 Å². The van der Waals surface area contributed by atoms with Crippen LogP contribution in [0.5, 0.6) is 0 Å². The summed E-state index contributed by atoms with van der Waals surface area (Å²) >= 11 is 0. The lowest BCUT2D eigenvalue weighted by Gasteiger charge is -2.23. The molecule has 2 aromatic rings. The minimum Gasteiger partial charge on any atom is -0.467 e. The average molecular weight is 233 g/mol. The summed E-state index contributed by atoms with van der Waals surface area (Å²) in [5, 5.41) is 0. The van der Waals surface area contributed by atoms with E-state index in [1.165, 1.54) is 0 Å². The Labute approximate surface area is 101 Å². The molecule has 2 rings (SSSR count). The highest BCUT2D eigenvalue weighted by Crippen LogP contribution is 2.25. The summed E-state index contributed by atoms with van der Waals surface area (Å²) in [6.45, 7) is 6.23. The number of nitrogens with zero attached hydrogens (tertiary/aromatic N) is 2. The first kappa shape index (κ1) is 11.9. The summed E-state index contributed by atoms with van der Waals surface area (Å²) in [7, 11) is 0. The molecule has 0 aliphatic heterocycles. The first-order valence-corrected chi connectivity index (χ1v) is 5.93. The van der Waals surface area contributed by atoms with E-state index in [0.29, 0.717) is 5.92 Å². The van der Waals surface area contributed by atoms with Crippen molar-refractivity contribution >= 4 is 0 Å². The van der Waals surface area contributed by atoms with Gasteiger partial charge in [0.1, 0.15) is 17.6 Å². The molecule has 0 fully saturated rings. The van der Waals surface area contributed by atoms with Gasteiger partial charge >= 0.3 is 0 Å². The van der Waals surface area contributed by atoms with Crippen LogP contribution in [0.4, 0.5) is 0 Å². The van der Waals surface area contributed by atoms with Gasteiger partial charge in [-0.05, 0) is 19.1 Å². The molecule has 17 heavy (non-hydrogen) atoms. The Kier molecular flexibility index (Phi) is 3.33. The average Bonchev–Trinajstić information content (AvgIpc) is 2.87. The lowest BCUT2D eigenvalue weighted by molar-refractivity contribution is 0.380. The van der Waals surface area contributed by atoms with Gasteiger partial charge in [-0.2, -0.15) is 0 Å². The van der Waals surface area contributed by atoms with Crippen LogP contribution in [-0.2, 0) is 0 Å². The summed E-state index contributed by atoms with van der Waals surface area (Å²) in [4.78, 5) is 4.39. The van der Waals surface area contributed by atoms with Crippen molar-refractivity contribution in [2.24, 2.45) is 5.73 Å². The van der Waals surface area contributed by atoms with Gasteiger partial charge in [0.25, 0.3) is 0 Å². The zero-order valence-corrected chi connectivity index (χ0v) is 10.5. The Balaban J connectivity index is 2.43. The summed E-state index contributed by atoms with van der Waals surface area (Å²) in [5.41, 5.74) is 6.08. The molecule has 0 saturated carbocycles. The number of hydrogen-bond donors (Lipinski definition) is 1. The van der Waals surface area contributed by atoms with Gasteiger partial charge in [-0.25, -0.2) is 4.98 Å². The molecule has 0 aromatic carbocycles. The number of imidazole rings is 1. The molecule has 4 heteroatoms. The lowest BCUT2D eigenvalue weighted by Crippen LogP contribution is -2.31. The zero-order chi connectivity index (χ0) is 12.4. The van der Waals surface area contributed by atoms with Crippen molar-refractivity contribution in [2.75, 3.05) is 0 Å². The molecule has 2 aromatic heterocycles. The van der Waals surface area contributed by atoms with Gasteiger partial charge in [0, 0.05) is 24.4 Å². The third-order valence-electron chi connectivity index (χ3n) is 2.85. The van der Waals surface area contributed by atoms with Crippen LogP contribution in [0.25, 0.3) is 0 Å². The second-order valence-corrected chi connectivity index (χ2v) is 4.67. The summed E-state index contributed by atoms with van der Waals surface area (Å²) < 4.78 is 7.59. The van der Waals surface area contributed by atoms with Crippen LogP contribution in [0.1, 0.15) is 44.3 Å². The number of hydrogen-bond acceptors (Lipinski definition) is 3. The molecule has 2 atom stereocenters. The fourth-order valence-electron chi connectivity index (χ4n) is 2.12. The first-order valence-electron chi connectivity index (χ1n) is 5.93. The highest BCUT2D eigenvalue weighted by atomic mass is 16.3. The van der Waals surface area contributed by atoms with Crippen molar-refractivity contribution in [1.29, 1.82) is 0 Å². The molecule has 2 unspecified atom stereocenters. The van der Waals surface area contributed by atoms with Gasteiger partial charge in [-0.15, -0.1) is 0 Å². The van der Waals surface area contributed by atoms with E-state index in [4.69, 9.17) is 10.2 Å².